The lowest BCUT2D eigenvalue weighted by molar-refractivity contribution is -0.137. The molecule has 0 spiro atoms. The zero-order valence-electron chi connectivity index (χ0n) is 7.94. The number of carbonyl (C=O) groups excluding carboxylic acids is 1. The zero-order valence-corrected chi connectivity index (χ0v) is 10.3. The summed E-state index contributed by atoms with van der Waals surface area (Å²) < 4.78 is 37.1. The van der Waals surface area contributed by atoms with Gasteiger partial charge in [0.1, 0.15) is 0 Å². The molecule has 0 saturated heterocycles. The molecular formula is C10H7BrClF3O. The van der Waals surface area contributed by atoms with Gasteiger partial charge in [0.2, 0.25) is 0 Å². The van der Waals surface area contributed by atoms with Crippen LogP contribution < -0.4 is 0 Å². The third-order valence-electron chi connectivity index (χ3n) is 1.92. The summed E-state index contributed by atoms with van der Waals surface area (Å²) in [7, 11) is 0. The second kappa shape index (κ2) is 5.19. The predicted molar refractivity (Wildman–Crippen MR) is 59.2 cm³/mol. The van der Waals surface area contributed by atoms with Gasteiger partial charge in [-0.3, -0.25) is 4.79 Å². The number of halogens is 5. The van der Waals surface area contributed by atoms with E-state index in [1.165, 1.54) is 0 Å². The third-order valence-corrected chi connectivity index (χ3v) is 2.63. The lowest BCUT2D eigenvalue weighted by Gasteiger charge is -2.09. The van der Waals surface area contributed by atoms with E-state index in [-0.39, 0.29) is 17.8 Å². The molecule has 0 unspecified atom stereocenters. The van der Waals surface area contributed by atoms with E-state index in [0.29, 0.717) is 5.33 Å². The summed E-state index contributed by atoms with van der Waals surface area (Å²) >= 11 is 8.55. The fraction of sp³-hybridized carbons (Fsp3) is 0.300. The summed E-state index contributed by atoms with van der Waals surface area (Å²) in [6.07, 6.45) is -4.27. The van der Waals surface area contributed by atoms with E-state index in [0.717, 1.165) is 18.2 Å². The largest absolute Gasteiger partial charge is 0.417 e. The maximum atomic E-state index is 12.4. The molecular weight excluding hydrogens is 308 g/mol. The van der Waals surface area contributed by atoms with E-state index >= 15 is 0 Å². The van der Waals surface area contributed by atoms with E-state index in [2.05, 4.69) is 15.9 Å². The van der Waals surface area contributed by atoms with Crippen molar-refractivity contribution >= 4 is 33.3 Å². The van der Waals surface area contributed by atoms with Gasteiger partial charge in [0, 0.05) is 17.3 Å². The normalized spacial score (nSPS) is 11.6. The van der Waals surface area contributed by atoms with Gasteiger partial charge in [-0.25, -0.2) is 0 Å². The molecule has 0 amide bonds. The van der Waals surface area contributed by atoms with Crippen molar-refractivity contribution in [3.8, 4) is 0 Å². The van der Waals surface area contributed by atoms with Crippen molar-refractivity contribution in [1.29, 1.82) is 0 Å². The van der Waals surface area contributed by atoms with Crippen LogP contribution in [-0.4, -0.2) is 11.1 Å². The van der Waals surface area contributed by atoms with Gasteiger partial charge < -0.3 is 0 Å². The Hall–Kier alpha value is -0.550. The highest BCUT2D eigenvalue weighted by molar-refractivity contribution is 9.09. The summed E-state index contributed by atoms with van der Waals surface area (Å²) in [5.74, 6) is -0.243. The Labute approximate surface area is 104 Å². The molecule has 16 heavy (non-hydrogen) atoms. The highest BCUT2D eigenvalue weighted by Gasteiger charge is 2.33. The molecule has 0 N–H and O–H groups in total. The van der Waals surface area contributed by atoms with Gasteiger partial charge in [0.05, 0.1) is 10.6 Å². The molecule has 1 aromatic carbocycles. The number of benzene rings is 1. The first-order chi connectivity index (χ1) is 7.36. The first-order valence-corrected chi connectivity index (χ1v) is 5.82. The molecule has 1 nitrogen and oxygen atoms in total. The van der Waals surface area contributed by atoms with Crippen LogP contribution in [-0.2, 0) is 6.18 Å². The van der Waals surface area contributed by atoms with E-state index in [1.807, 2.05) is 0 Å². The van der Waals surface area contributed by atoms with Crippen molar-refractivity contribution in [2.24, 2.45) is 0 Å². The van der Waals surface area contributed by atoms with E-state index in [9.17, 15) is 18.0 Å². The highest BCUT2D eigenvalue weighted by atomic mass is 79.9. The van der Waals surface area contributed by atoms with Crippen LogP contribution in [0, 0.1) is 0 Å². The van der Waals surface area contributed by atoms with Gasteiger partial charge in [-0.15, -0.1) is 0 Å². The standard InChI is InChI=1S/C10H7BrClF3O/c11-4-3-9(16)6-1-2-7(8(12)5-6)10(13,14)15/h1-2,5H,3-4H2. The number of rotatable bonds is 3. The molecule has 0 saturated carbocycles. The molecule has 0 aliphatic carbocycles. The van der Waals surface area contributed by atoms with Crippen molar-refractivity contribution in [3.05, 3.63) is 34.3 Å². The number of hydrogen-bond donors (Lipinski definition) is 0. The van der Waals surface area contributed by atoms with Crippen molar-refractivity contribution in [3.63, 3.8) is 0 Å². The molecule has 6 heteroatoms. The van der Waals surface area contributed by atoms with Gasteiger partial charge >= 0.3 is 6.18 Å². The smallest absolute Gasteiger partial charge is 0.294 e. The molecule has 0 radical (unpaired) electrons. The maximum Gasteiger partial charge on any atom is 0.417 e. The second-order valence-corrected chi connectivity index (χ2v) is 4.25. The molecule has 88 valence electrons. The zero-order chi connectivity index (χ0) is 12.3. The number of alkyl halides is 4. The van der Waals surface area contributed by atoms with Crippen LogP contribution in [0.25, 0.3) is 0 Å². The minimum atomic E-state index is -4.49. The van der Waals surface area contributed by atoms with Crippen molar-refractivity contribution in [1.82, 2.24) is 0 Å². The third kappa shape index (κ3) is 3.22. The summed E-state index contributed by atoms with van der Waals surface area (Å²) in [5, 5.41) is 0.0118. The number of hydrogen-bond acceptors (Lipinski definition) is 1. The fourth-order valence-corrected chi connectivity index (χ4v) is 1.80. The van der Waals surface area contributed by atoms with Crippen LogP contribution in [0.3, 0.4) is 0 Å². The average molecular weight is 316 g/mol. The SMILES string of the molecule is O=C(CCBr)c1ccc(C(F)(F)F)c(Cl)c1. The summed E-state index contributed by atoms with van der Waals surface area (Å²) in [5.41, 5.74) is -0.734. The van der Waals surface area contributed by atoms with Crippen LogP contribution in [0.4, 0.5) is 13.2 Å². The van der Waals surface area contributed by atoms with E-state index < -0.39 is 16.8 Å². The first kappa shape index (κ1) is 13.5. The Morgan fingerprint density at radius 3 is 2.44 bits per heavy atom. The lowest BCUT2D eigenvalue weighted by atomic mass is 10.1. The highest BCUT2D eigenvalue weighted by Crippen LogP contribution is 2.35. The Kier molecular flexibility index (Phi) is 4.38. The van der Waals surface area contributed by atoms with Gasteiger partial charge in [0.25, 0.3) is 0 Å². The van der Waals surface area contributed by atoms with Crippen LogP contribution in [0.15, 0.2) is 18.2 Å². The molecule has 0 aromatic heterocycles. The molecule has 0 aliphatic heterocycles. The van der Waals surface area contributed by atoms with E-state index in [1.54, 1.807) is 0 Å². The topological polar surface area (TPSA) is 17.1 Å². The first-order valence-electron chi connectivity index (χ1n) is 4.32. The maximum absolute atomic E-state index is 12.4. The molecule has 0 fully saturated rings. The Morgan fingerprint density at radius 2 is 2.00 bits per heavy atom. The van der Waals surface area contributed by atoms with Crippen molar-refractivity contribution in [2.75, 3.05) is 5.33 Å². The molecule has 1 aromatic rings. The van der Waals surface area contributed by atoms with Gasteiger partial charge in [-0.1, -0.05) is 33.6 Å². The number of Topliss-reactive ketones (excluding diaryl/α,β-unsaturated/α-hetero) is 1. The minimum absolute atomic E-state index is 0.192. The van der Waals surface area contributed by atoms with Crippen LogP contribution >= 0.6 is 27.5 Å². The van der Waals surface area contributed by atoms with Crippen LogP contribution in [0.1, 0.15) is 22.3 Å². The second-order valence-electron chi connectivity index (χ2n) is 3.05. The predicted octanol–water partition coefficient (Wildman–Crippen LogP) is 4.33. The van der Waals surface area contributed by atoms with Crippen LogP contribution in [0.5, 0.6) is 0 Å². The lowest BCUT2D eigenvalue weighted by Crippen LogP contribution is -2.07. The van der Waals surface area contributed by atoms with Gasteiger partial charge in [-0.05, 0) is 12.1 Å². The summed E-state index contributed by atoms with van der Waals surface area (Å²) in [6.45, 7) is 0. The molecule has 1 rings (SSSR count). The average Bonchev–Trinajstić information content (AvgIpc) is 2.16. The fourth-order valence-electron chi connectivity index (χ4n) is 1.15. The summed E-state index contributed by atoms with van der Waals surface area (Å²) in [4.78, 5) is 11.4. The van der Waals surface area contributed by atoms with Crippen molar-refractivity contribution < 1.29 is 18.0 Å². The van der Waals surface area contributed by atoms with Crippen LogP contribution in [0.2, 0.25) is 5.02 Å². The Balaban J connectivity index is 3.05. The molecule has 0 aliphatic rings. The van der Waals surface area contributed by atoms with E-state index in [4.69, 9.17) is 11.6 Å². The minimum Gasteiger partial charge on any atom is -0.294 e. The number of carbonyl (C=O) groups is 1. The Morgan fingerprint density at radius 1 is 1.38 bits per heavy atom. The number of ketones is 1. The van der Waals surface area contributed by atoms with Crippen molar-refractivity contribution in [2.45, 2.75) is 12.6 Å². The molecule has 0 atom stereocenters. The molecule has 0 bridgehead atoms. The quantitative estimate of drug-likeness (QED) is 0.599. The summed E-state index contributed by atoms with van der Waals surface area (Å²) in [6, 6.07) is 3.01. The monoisotopic (exact) mass is 314 g/mol. The van der Waals surface area contributed by atoms with Gasteiger partial charge in [-0.2, -0.15) is 13.2 Å². The Bertz CT molecular complexity index is 404. The molecule has 0 heterocycles. The van der Waals surface area contributed by atoms with Gasteiger partial charge in [0.15, 0.2) is 5.78 Å².